The lowest BCUT2D eigenvalue weighted by Gasteiger charge is -2.42. The SMILES string of the molecule is CCC(C)CCC(C)(c1ccc2c(c1)c1ccccc1n2C(CC)(c1ccc(C)c(-c2ccccc2CCc2nccc3c2oc2cnccc23)c1)C(C)CC)n1c2ccccc2c2ccccc21. The molecular formula is C64H64N4O. The Morgan fingerprint density at radius 1 is 0.580 bits per heavy atom. The average Bonchev–Trinajstić information content (AvgIpc) is 4.06. The smallest absolute Gasteiger partial charge is 0.156 e. The molecule has 6 aromatic carbocycles. The first kappa shape index (κ1) is 44.5. The van der Waals surface area contributed by atoms with Crippen molar-refractivity contribution in [3.63, 3.8) is 0 Å². The molecule has 0 aliphatic heterocycles. The molecule has 69 heavy (non-hydrogen) atoms. The summed E-state index contributed by atoms with van der Waals surface area (Å²) in [6.07, 6.45) is 12.5. The van der Waals surface area contributed by atoms with E-state index >= 15 is 0 Å². The van der Waals surface area contributed by atoms with Gasteiger partial charge >= 0.3 is 0 Å². The molecule has 0 radical (unpaired) electrons. The highest BCUT2D eigenvalue weighted by Gasteiger charge is 2.41. The number of para-hydroxylation sites is 3. The molecule has 0 spiro atoms. The second-order valence-electron chi connectivity index (χ2n) is 20.2. The Labute approximate surface area is 406 Å². The van der Waals surface area contributed by atoms with Crippen molar-refractivity contribution in [1.82, 2.24) is 19.1 Å². The third-order valence-electron chi connectivity index (χ3n) is 16.5. The van der Waals surface area contributed by atoms with Gasteiger partial charge in [-0.05, 0) is 140 Å². The van der Waals surface area contributed by atoms with Crippen molar-refractivity contribution in [2.24, 2.45) is 11.8 Å². The van der Waals surface area contributed by atoms with Gasteiger partial charge < -0.3 is 13.6 Å². The lowest BCUT2D eigenvalue weighted by molar-refractivity contribution is 0.233. The van der Waals surface area contributed by atoms with Gasteiger partial charge in [0.2, 0.25) is 0 Å². The number of hydrogen-bond donors (Lipinski definition) is 0. The number of rotatable bonds is 15. The lowest BCUT2D eigenvalue weighted by atomic mass is 9.73. The van der Waals surface area contributed by atoms with Crippen LogP contribution < -0.4 is 0 Å². The summed E-state index contributed by atoms with van der Waals surface area (Å²) < 4.78 is 11.8. The van der Waals surface area contributed by atoms with E-state index in [-0.39, 0.29) is 11.1 Å². The summed E-state index contributed by atoms with van der Waals surface area (Å²) in [5, 5.41) is 7.44. The zero-order valence-electron chi connectivity index (χ0n) is 41.4. The Kier molecular flexibility index (Phi) is 11.5. The molecule has 5 aromatic heterocycles. The van der Waals surface area contributed by atoms with Gasteiger partial charge in [0.15, 0.2) is 11.2 Å². The average molecular weight is 905 g/mol. The van der Waals surface area contributed by atoms with E-state index in [1.807, 2.05) is 18.5 Å². The quantitative estimate of drug-likeness (QED) is 0.103. The van der Waals surface area contributed by atoms with Crippen LogP contribution in [0.1, 0.15) is 102 Å². The van der Waals surface area contributed by atoms with Gasteiger partial charge in [-0.25, -0.2) is 0 Å². The largest absolute Gasteiger partial charge is 0.453 e. The first-order valence-corrected chi connectivity index (χ1v) is 25.5. The van der Waals surface area contributed by atoms with Gasteiger partial charge in [-0.3, -0.25) is 9.97 Å². The normalized spacial score (nSPS) is 14.8. The predicted octanol–water partition coefficient (Wildman–Crippen LogP) is 17.1. The van der Waals surface area contributed by atoms with Gasteiger partial charge in [0.25, 0.3) is 0 Å². The van der Waals surface area contributed by atoms with E-state index in [4.69, 9.17) is 9.40 Å². The second-order valence-corrected chi connectivity index (χ2v) is 20.2. The molecule has 4 atom stereocenters. The summed E-state index contributed by atoms with van der Waals surface area (Å²) in [7, 11) is 0. The number of benzene rings is 6. The van der Waals surface area contributed by atoms with Crippen molar-refractivity contribution in [3.05, 3.63) is 192 Å². The van der Waals surface area contributed by atoms with Gasteiger partial charge in [0, 0.05) is 66.8 Å². The highest BCUT2D eigenvalue weighted by molar-refractivity contribution is 6.10. The van der Waals surface area contributed by atoms with Gasteiger partial charge in [-0.2, -0.15) is 0 Å². The van der Waals surface area contributed by atoms with E-state index in [2.05, 4.69) is 202 Å². The number of pyridine rings is 2. The third kappa shape index (κ3) is 7.18. The van der Waals surface area contributed by atoms with Crippen molar-refractivity contribution in [3.8, 4) is 11.1 Å². The fourth-order valence-corrected chi connectivity index (χ4v) is 12.2. The molecule has 0 saturated heterocycles. The van der Waals surface area contributed by atoms with Crippen LogP contribution in [0, 0.1) is 18.8 Å². The maximum absolute atomic E-state index is 6.37. The molecule has 4 unspecified atom stereocenters. The summed E-state index contributed by atoms with van der Waals surface area (Å²) in [6.45, 7) is 16.8. The molecule has 0 saturated carbocycles. The van der Waals surface area contributed by atoms with Crippen LogP contribution >= 0.6 is 0 Å². The van der Waals surface area contributed by atoms with E-state index in [0.29, 0.717) is 11.8 Å². The number of aryl methyl sites for hydroxylation is 3. The lowest BCUT2D eigenvalue weighted by Crippen LogP contribution is -2.40. The van der Waals surface area contributed by atoms with E-state index < -0.39 is 0 Å². The molecule has 0 bridgehead atoms. The first-order valence-electron chi connectivity index (χ1n) is 25.5. The third-order valence-corrected chi connectivity index (χ3v) is 16.5. The fourth-order valence-electron chi connectivity index (χ4n) is 12.2. The summed E-state index contributed by atoms with van der Waals surface area (Å²) in [6, 6.07) is 55.2. The zero-order valence-corrected chi connectivity index (χ0v) is 41.4. The molecule has 11 aromatic rings. The maximum Gasteiger partial charge on any atom is 0.156 e. The minimum Gasteiger partial charge on any atom is -0.453 e. The number of hydrogen-bond acceptors (Lipinski definition) is 3. The summed E-state index contributed by atoms with van der Waals surface area (Å²) in [5.41, 5.74) is 15.0. The Balaban J connectivity index is 1.06. The molecule has 11 rings (SSSR count). The Hall–Kier alpha value is -6.98. The summed E-state index contributed by atoms with van der Waals surface area (Å²) in [4.78, 5) is 9.17. The molecule has 0 aliphatic rings. The van der Waals surface area contributed by atoms with Crippen LogP contribution in [0.5, 0.6) is 0 Å². The van der Waals surface area contributed by atoms with E-state index in [1.165, 1.54) is 83.4 Å². The molecular weight excluding hydrogens is 841 g/mol. The first-order chi connectivity index (χ1) is 33.7. The van der Waals surface area contributed by atoms with Gasteiger partial charge in [-0.15, -0.1) is 0 Å². The van der Waals surface area contributed by atoms with Crippen LogP contribution in [0.4, 0.5) is 0 Å². The number of furan rings is 1. The maximum atomic E-state index is 6.37. The Morgan fingerprint density at radius 3 is 1.93 bits per heavy atom. The van der Waals surface area contributed by atoms with E-state index in [0.717, 1.165) is 66.2 Å². The van der Waals surface area contributed by atoms with Crippen molar-refractivity contribution in [2.45, 2.75) is 104 Å². The van der Waals surface area contributed by atoms with Crippen LogP contribution in [0.25, 0.3) is 76.7 Å². The molecule has 0 N–H and O–H groups in total. The molecule has 346 valence electrons. The van der Waals surface area contributed by atoms with Crippen LogP contribution in [0.2, 0.25) is 0 Å². The number of nitrogens with zero attached hydrogens (tertiary/aromatic N) is 4. The number of fused-ring (bicyclic) bond motifs is 9. The van der Waals surface area contributed by atoms with Gasteiger partial charge in [0.05, 0.1) is 23.0 Å². The molecule has 0 fully saturated rings. The van der Waals surface area contributed by atoms with Gasteiger partial charge in [0.1, 0.15) is 0 Å². The zero-order chi connectivity index (χ0) is 47.4. The predicted molar refractivity (Wildman–Crippen MR) is 290 cm³/mol. The van der Waals surface area contributed by atoms with Crippen LogP contribution in [0.3, 0.4) is 0 Å². The molecule has 5 heterocycles. The molecule has 0 amide bonds. The minimum atomic E-state index is -0.336. The van der Waals surface area contributed by atoms with Crippen molar-refractivity contribution in [2.75, 3.05) is 0 Å². The van der Waals surface area contributed by atoms with Crippen LogP contribution in [-0.2, 0) is 23.9 Å². The van der Waals surface area contributed by atoms with E-state index in [9.17, 15) is 0 Å². The summed E-state index contributed by atoms with van der Waals surface area (Å²) >= 11 is 0. The van der Waals surface area contributed by atoms with Gasteiger partial charge in [-0.1, -0.05) is 145 Å². The Bertz CT molecular complexity index is 3630. The standard InChI is InChI=1S/C64H64N4O/c1-8-42(4)33-36-63(7,67-57-24-16-13-21-49(57)50-22-14-17-25-58(50)67)46-30-32-60-55(39-46)51-23-15-18-26-59(51)68(60)64(10-3,44(6)9-2)47-29-27-43(5)54(40-47)48-20-12-11-19-45(48)28-31-56-62-53(35-38-66-56)52-34-37-65-41-61(52)69-62/h11-27,29-30,32,34-35,37-42,44H,8-10,28,31,33,36H2,1-7H3. The van der Waals surface area contributed by atoms with Crippen molar-refractivity contribution < 1.29 is 4.42 Å². The monoisotopic (exact) mass is 905 g/mol. The number of aromatic nitrogens is 4. The van der Waals surface area contributed by atoms with Crippen LogP contribution in [-0.4, -0.2) is 19.1 Å². The molecule has 0 aliphatic carbocycles. The highest BCUT2D eigenvalue weighted by Crippen LogP contribution is 2.49. The molecule has 5 heteroatoms. The fraction of sp³-hybridized carbons (Fsp3) is 0.281. The second kappa shape index (κ2) is 17.8. The molecule has 5 nitrogen and oxygen atoms in total. The van der Waals surface area contributed by atoms with Crippen molar-refractivity contribution >= 4 is 65.6 Å². The van der Waals surface area contributed by atoms with Crippen LogP contribution in [0.15, 0.2) is 169 Å². The van der Waals surface area contributed by atoms with E-state index in [1.54, 1.807) is 6.20 Å². The van der Waals surface area contributed by atoms with Crippen molar-refractivity contribution in [1.29, 1.82) is 0 Å². The highest BCUT2D eigenvalue weighted by atomic mass is 16.3. The summed E-state index contributed by atoms with van der Waals surface area (Å²) in [5.74, 6) is 0.957. The topological polar surface area (TPSA) is 48.8 Å². The Morgan fingerprint density at radius 2 is 1.22 bits per heavy atom. The minimum absolute atomic E-state index is 0.298.